The van der Waals surface area contributed by atoms with Crippen LogP contribution in [0.4, 0.5) is 5.69 Å². The van der Waals surface area contributed by atoms with E-state index in [2.05, 4.69) is 42.3 Å². The third-order valence-electron chi connectivity index (χ3n) is 4.43. The minimum absolute atomic E-state index is 0.545. The molecule has 0 fully saturated rings. The predicted octanol–water partition coefficient (Wildman–Crippen LogP) is 4.25. The van der Waals surface area contributed by atoms with E-state index in [4.69, 9.17) is 5.21 Å². The second kappa shape index (κ2) is 12.2. The summed E-state index contributed by atoms with van der Waals surface area (Å²) in [4.78, 5) is 14.8. The van der Waals surface area contributed by atoms with Crippen molar-refractivity contribution >= 4 is 29.4 Å². The lowest BCUT2D eigenvalue weighted by atomic mass is 10.1. The second-order valence-electron chi connectivity index (χ2n) is 6.28. The first-order valence-electron chi connectivity index (χ1n) is 9.55. The number of hydroxylamine groups is 1. The minimum atomic E-state index is -0.545. The van der Waals surface area contributed by atoms with Gasteiger partial charge in [0.2, 0.25) is 0 Å². The van der Waals surface area contributed by atoms with Gasteiger partial charge in [-0.1, -0.05) is 50.2 Å². The third kappa shape index (κ3) is 7.38. The van der Waals surface area contributed by atoms with Crippen LogP contribution in [0.1, 0.15) is 25.0 Å². The molecule has 150 valence electrons. The van der Waals surface area contributed by atoms with Gasteiger partial charge < -0.3 is 10.2 Å². The number of anilines is 1. The van der Waals surface area contributed by atoms with Crippen LogP contribution in [0.5, 0.6) is 0 Å². The van der Waals surface area contributed by atoms with Crippen LogP contribution >= 0.6 is 11.8 Å². The van der Waals surface area contributed by atoms with Gasteiger partial charge in [-0.05, 0) is 42.4 Å². The van der Waals surface area contributed by atoms with Crippen LogP contribution in [-0.4, -0.2) is 41.4 Å². The summed E-state index contributed by atoms with van der Waals surface area (Å²) in [6, 6.07) is 16.3. The maximum Gasteiger partial charge on any atom is 0.267 e. The summed E-state index contributed by atoms with van der Waals surface area (Å²) in [5.41, 5.74) is 4.75. The van der Waals surface area contributed by atoms with Gasteiger partial charge in [0.1, 0.15) is 0 Å². The minimum Gasteiger partial charge on any atom is -0.380 e. The number of benzene rings is 2. The van der Waals surface area contributed by atoms with Gasteiger partial charge in [-0.2, -0.15) is 0 Å². The van der Waals surface area contributed by atoms with Crippen molar-refractivity contribution < 1.29 is 10.0 Å². The summed E-state index contributed by atoms with van der Waals surface area (Å²) in [5.74, 6) is 0.473. The van der Waals surface area contributed by atoms with E-state index in [9.17, 15) is 4.79 Å². The van der Waals surface area contributed by atoms with Crippen LogP contribution in [0.25, 0.3) is 6.08 Å². The summed E-state index contributed by atoms with van der Waals surface area (Å²) in [6.45, 7) is 8.28. The Balaban J connectivity index is 2.12. The molecule has 3 N–H and O–H groups in total. The fourth-order valence-electron chi connectivity index (χ4n) is 2.74. The van der Waals surface area contributed by atoms with Crippen LogP contribution in [0, 0.1) is 0 Å². The van der Waals surface area contributed by atoms with Crippen molar-refractivity contribution in [3.8, 4) is 0 Å². The lowest BCUT2D eigenvalue weighted by Gasteiger charge is -2.18. The van der Waals surface area contributed by atoms with E-state index in [-0.39, 0.29) is 0 Å². The molecule has 0 aromatic heterocycles. The molecule has 5 nitrogen and oxygen atoms in total. The molecule has 0 saturated heterocycles. The van der Waals surface area contributed by atoms with Crippen LogP contribution in [0.15, 0.2) is 59.5 Å². The number of nitrogens with zero attached hydrogens (tertiary/aromatic N) is 1. The van der Waals surface area contributed by atoms with E-state index < -0.39 is 5.91 Å². The third-order valence-corrected chi connectivity index (χ3v) is 5.48. The molecule has 2 rings (SSSR count). The molecule has 0 unspecified atom stereocenters. The number of hydrogen-bond donors (Lipinski definition) is 3. The molecule has 2 aromatic rings. The van der Waals surface area contributed by atoms with Gasteiger partial charge in [-0.3, -0.25) is 10.0 Å². The largest absolute Gasteiger partial charge is 0.380 e. The molecular formula is C22H29N3O2S. The van der Waals surface area contributed by atoms with E-state index in [0.29, 0.717) is 0 Å². The number of amides is 1. The zero-order valence-corrected chi connectivity index (χ0v) is 17.3. The molecule has 0 aliphatic heterocycles. The van der Waals surface area contributed by atoms with Crippen LogP contribution < -0.4 is 10.8 Å². The zero-order chi connectivity index (χ0) is 20.2. The lowest BCUT2D eigenvalue weighted by molar-refractivity contribution is -0.124. The molecule has 2 aromatic carbocycles. The monoisotopic (exact) mass is 399 g/mol. The van der Waals surface area contributed by atoms with Crippen molar-refractivity contribution in [1.82, 2.24) is 10.4 Å². The Morgan fingerprint density at radius 2 is 1.89 bits per heavy atom. The number of nitrogens with one attached hydrogen (secondary N) is 2. The smallest absolute Gasteiger partial charge is 0.267 e. The molecule has 0 spiro atoms. The van der Waals surface area contributed by atoms with Crippen molar-refractivity contribution in [2.75, 3.05) is 30.7 Å². The van der Waals surface area contributed by atoms with Gasteiger partial charge >= 0.3 is 0 Å². The normalized spacial score (nSPS) is 11.1. The molecule has 0 saturated carbocycles. The Hall–Kier alpha value is -2.28. The highest BCUT2D eigenvalue weighted by Gasteiger charge is 2.06. The Morgan fingerprint density at radius 1 is 1.14 bits per heavy atom. The molecule has 0 aliphatic carbocycles. The van der Waals surface area contributed by atoms with Gasteiger partial charge in [0.05, 0.1) is 0 Å². The van der Waals surface area contributed by atoms with Crippen molar-refractivity contribution in [1.29, 1.82) is 0 Å². The molecule has 0 radical (unpaired) electrons. The van der Waals surface area contributed by atoms with Gasteiger partial charge in [-0.15, -0.1) is 11.8 Å². The number of thioether (sulfide) groups is 1. The van der Waals surface area contributed by atoms with Crippen LogP contribution in [0.2, 0.25) is 0 Å². The maximum atomic E-state index is 11.2. The van der Waals surface area contributed by atoms with Crippen molar-refractivity contribution in [3.63, 3.8) is 0 Å². The lowest BCUT2D eigenvalue weighted by Crippen LogP contribution is -2.25. The van der Waals surface area contributed by atoms with Crippen molar-refractivity contribution in [2.45, 2.75) is 25.3 Å². The second-order valence-corrected chi connectivity index (χ2v) is 7.42. The molecule has 28 heavy (non-hydrogen) atoms. The Bertz CT molecular complexity index is 762. The van der Waals surface area contributed by atoms with Gasteiger partial charge in [0, 0.05) is 35.5 Å². The summed E-state index contributed by atoms with van der Waals surface area (Å²) in [5, 5.41) is 12.2. The van der Waals surface area contributed by atoms with Gasteiger partial charge in [0.25, 0.3) is 5.91 Å². The summed E-state index contributed by atoms with van der Waals surface area (Å²) in [6.07, 6.45) is 2.99. The van der Waals surface area contributed by atoms with E-state index in [1.165, 1.54) is 16.5 Å². The van der Waals surface area contributed by atoms with Crippen LogP contribution in [-0.2, 0) is 11.3 Å². The predicted molar refractivity (Wildman–Crippen MR) is 118 cm³/mol. The highest BCUT2D eigenvalue weighted by Crippen LogP contribution is 2.29. The molecule has 0 bridgehead atoms. The highest BCUT2D eigenvalue weighted by molar-refractivity contribution is 7.99. The van der Waals surface area contributed by atoms with Crippen LogP contribution in [0.3, 0.4) is 0 Å². The highest BCUT2D eigenvalue weighted by atomic mass is 32.2. The summed E-state index contributed by atoms with van der Waals surface area (Å²) >= 11 is 1.83. The molecule has 0 aliphatic rings. The fourth-order valence-corrected chi connectivity index (χ4v) is 3.76. The van der Waals surface area contributed by atoms with E-state index in [1.807, 2.05) is 42.1 Å². The average molecular weight is 400 g/mol. The first-order valence-corrected chi connectivity index (χ1v) is 10.5. The first kappa shape index (κ1) is 22.0. The van der Waals surface area contributed by atoms with Crippen molar-refractivity contribution in [3.05, 3.63) is 65.7 Å². The Kier molecular flexibility index (Phi) is 9.62. The van der Waals surface area contributed by atoms with Gasteiger partial charge in [0.15, 0.2) is 0 Å². The quantitative estimate of drug-likeness (QED) is 0.228. The summed E-state index contributed by atoms with van der Waals surface area (Å²) in [7, 11) is 0. The topological polar surface area (TPSA) is 64.6 Å². The zero-order valence-electron chi connectivity index (χ0n) is 16.5. The molecular weight excluding hydrogens is 370 g/mol. The fraction of sp³-hybridized carbons (Fsp3) is 0.318. The van der Waals surface area contributed by atoms with E-state index >= 15 is 0 Å². The number of rotatable bonds is 11. The van der Waals surface area contributed by atoms with E-state index in [0.717, 1.165) is 43.2 Å². The maximum absolute atomic E-state index is 11.2. The molecule has 0 heterocycles. The molecule has 0 atom stereocenters. The SMILES string of the molecule is CCN(CC)CCSc1ccc(/C=C/C(=O)NO)cc1NCc1ccccc1. The number of carbonyl (C=O) groups excluding carboxylic acids is 1. The average Bonchev–Trinajstić information content (AvgIpc) is 2.75. The Labute approximate surface area is 171 Å². The van der Waals surface area contributed by atoms with E-state index in [1.54, 1.807) is 11.6 Å². The standard InChI is InChI=1S/C22H29N3O2S/c1-3-25(4-2)14-15-28-21-12-10-18(11-13-22(26)24-27)16-20(21)23-17-19-8-6-5-7-9-19/h5-13,16,23,27H,3-4,14-15,17H2,1-2H3,(H,24,26)/b13-11+. The summed E-state index contributed by atoms with van der Waals surface area (Å²) < 4.78 is 0. The number of hydrogen-bond acceptors (Lipinski definition) is 5. The molecule has 6 heteroatoms. The first-order chi connectivity index (χ1) is 13.7. The molecule has 1 amide bonds. The van der Waals surface area contributed by atoms with Gasteiger partial charge in [-0.25, -0.2) is 5.48 Å². The Morgan fingerprint density at radius 3 is 2.57 bits per heavy atom. The van der Waals surface area contributed by atoms with Crippen molar-refractivity contribution in [2.24, 2.45) is 0 Å². The number of carbonyl (C=O) groups is 1.